The van der Waals surface area contributed by atoms with E-state index in [1.807, 2.05) is 18.2 Å². The molecule has 0 saturated heterocycles. The van der Waals surface area contributed by atoms with Gasteiger partial charge in [0.25, 0.3) is 0 Å². The van der Waals surface area contributed by atoms with Gasteiger partial charge in [0.1, 0.15) is 0 Å². The van der Waals surface area contributed by atoms with Crippen LogP contribution in [0.2, 0.25) is 5.02 Å². The van der Waals surface area contributed by atoms with E-state index in [1.165, 1.54) is 24.8 Å². The number of benzene rings is 1. The van der Waals surface area contributed by atoms with Gasteiger partial charge in [-0.15, -0.1) is 0 Å². The first-order valence-electron chi connectivity index (χ1n) is 7.63. The zero-order valence-electron chi connectivity index (χ0n) is 12.6. The van der Waals surface area contributed by atoms with Crippen LogP contribution in [0.4, 0.5) is 5.69 Å². The van der Waals surface area contributed by atoms with Crippen LogP contribution in [0.5, 0.6) is 0 Å². The van der Waals surface area contributed by atoms with Crippen molar-refractivity contribution in [2.75, 3.05) is 31.9 Å². The molecule has 0 spiro atoms. The first-order valence-corrected chi connectivity index (χ1v) is 8.01. The molecule has 0 unspecified atom stereocenters. The van der Waals surface area contributed by atoms with Crippen LogP contribution in [0.25, 0.3) is 0 Å². The largest absolute Gasteiger partial charge is 0.399 e. The average Bonchev–Trinajstić information content (AvgIpc) is 2.42. The Morgan fingerprint density at radius 2 is 1.90 bits per heavy atom. The lowest BCUT2D eigenvalue weighted by Gasteiger charge is -2.22. The van der Waals surface area contributed by atoms with Crippen molar-refractivity contribution in [2.24, 2.45) is 5.73 Å². The lowest BCUT2D eigenvalue weighted by atomic mass is 10.1. The van der Waals surface area contributed by atoms with Crippen molar-refractivity contribution in [2.45, 2.75) is 39.0 Å². The second kappa shape index (κ2) is 10.0. The summed E-state index contributed by atoms with van der Waals surface area (Å²) in [4.78, 5) is 2.52. The van der Waals surface area contributed by atoms with Gasteiger partial charge >= 0.3 is 0 Å². The lowest BCUT2D eigenvalue weighted by molar-refractivity contribution is 0.271. The minimum absolute atomic E-state index is 0.728. The molecule has 1 rings (SSSR count). The second-order valence-electron chi connectivity index (χ2n) is 5.29. The summed E-state index contributed by atoms with van der Waals surface area (Å²) in [5, 5.41) is 0.782. The number of rotatable bonds is 10. The van der Waals surface area contributed by atoms with Gasteiger partial charge in [0, 0.05) is 17.3 Å². The Morgan fingerprint density at radius 1 is 1.10 bits per heavy atom. The van der Waals surface area contributed by atoms with Crippen LogP contribution in [-0.4, -0.2) is 31.1 Å². The van der Waals surface area contributed by atoms with Crippen molar-refractivity contribution in [3.05, 3.63) is 28.8 Å². The summed E-state index contributed by atoms with van der Waals surface area (Å²) in [5.74, 6) is 0. The van der Waals surface area contributed by atoms with Gasteiger partial charge in [-0.25, -0.2) is 0 Å². The van der Waals surface area contributed by atoms with E-state index in [2.05, 4.69) is 11.8 Å². The van der Waals surface area contributed by atoms with Gasteiger partial charge in [0.05, 0.1) is 0 Å². The number of anilines is 1. The SMILES string of the molecule is CCCN(CCCCCN)CCc1ccc(N)cc1Cl. The molecule has 0 radical (unpaired) electrons. The third kappa shape index (κ3) is 6.60. The summed E-state index contributed by atoms with van der Waals surface area (Å²) in [6.07, 6.45) is 5.75. The molecule has 3 nitrogen and oxygen atoms in total. The summed E-state index contributed by atoms with van der Waals surface area (Å²) in [5.41, 5.74) is 13.2. The maximum atomic E-state index is 6.22. The molecule has 1 aromatic carbocycles. The monoisotopic (exact) mass is 297 g/mol. The molecule has 1 aromatic rings. The Hall–Kier alpha value is -0.770. The molecule has 0 aliphatic rings. The molecule has 0 amide bonds. The Morgan fingerprint density at radius 3 is 2.55 bits per heavy atom. The second-order valence-corrected chi connectivity index (χ2v) is 5.70. The fraction of sp³-hybridized carbons (Fsp3) is 0.625. The summed E-state index contributed by atoms with van der Waals surface area (Å²) in [6.45, 7) is 6.38. The molecule has 0 heterocycles. The van der Waals surface area contributed by atoms with Crippen molar-refractivity contribution < 1.29 is 0 Å². The van der Waals surface area contributed by atoms with Crippen LogP contribution in [0.1, 0.15) is 38.2 Å². The van der Waals surface area contributed by atoms with Gasteiger partial charge in [-0.05, 0) is 63.0 Å². The van der Waals surface area contributed by atoms with Crippen molar-refractivity contribution in [3.8, 4) is 0 Å². The zero-order chi connectivity index (χ0) is 14.8. The minimum Gasteiger partial charge on any atom is -0.399 e. The first kappa shape index (κ1) is 17.3. The molecule has 0 aromatic heterocycles. The van der Waals surface area contributed by atoms with Gasteiger partial charge in [-0.2, -0.15) is 0 Å². The molecule has 0 aliphatic heterocycles. The predicted molar refractivity (Wildman–Crippen MR) is 89.2 cm³/mol. The average molecular weight is 298 g/mol. The predicted octanol–water partition coefficient (Wildman–Crippen LogP) is 3.31. The summed E-state index contributed by atoms with van der Waals surface area (Å²) < 4.78 is 0. The van der Waals surface area contributed by atoms with E-state index in [1.54, 1.807) is 0 Å². The number of nitrogen functional groups attached to an aromatic ring is 1. The molecule has 0 aliphatic carbocycles. The Labute approximate surface area is 128 Å². The highest BCUT2D eigenvalue weighted by molar-refractivity contribution is 6.31. The van der Waals surface area contributed by atoms with Gasteiger partial charge in [-0.1, -0.05) is 31.0 Å². The topological polar surface area (TPSA) is 55.3 Å². The van der Waals surface area contributed by atoms with Gasteiger partial charge < -0.3 is 16.4 Å². The van der Waals surface area contributed by atoms with E-state index >= 15 is 0 Å². The molecule has 0 fully saturated rings. The van der Waals surface area contributed by atoms with E-state index in [9.17, 15) is 0 Å². The zero-order valence-corrected chi connectivity index (χ0v) is 13.3. The minimum atomic E-state index is 0.728. The van der Waals surface area contributed by atoms with E-state index < -0.39 is 0 Å². The maximum Gasteiger partial charge on any atom is 0.0458 e. The number of hydrogen-bond donors (Lipinski definition) is 2. The van der Waals surface area contributed by atoms with Crippen LogP contribution < -0.4 is 11.5 Å². The summed E-state index contributed by atoms with van der Waals surface area (Å²) >= 11 is 6.22. The summed E-state index contributed by atoms with van der Waals surface area (Å²) in [6, 6.07) is 5.80. The Bertz CT molecular complexity index is 382. The standard InChI is InChI=1S/C16H28ClN3/c1-2-10-20(11-5-3-4-9-18)12-8-14-6-7-15(19)13-16(14)17/h6-7,13H,2-5,8-12,18-19H2,1H3. The van der Waals surface area contributed by atoms with Gasteiger partial charge in [-0.3, -0.25) is 0 Å². The molecule has 20 heavy (non-hydrogen) atoms. The third-order valence-electron chi connectivity index (χ3n) is 3.49. The molecule has 0 bridgehead atoms. The highest BCUT2D eigenvalue weighted by Gasteiger charge is 2.06. The smallest absolute Gasteiger partial charge is 0.0458 e. The number of nitrogens with two attached hydrogens (primary N) is 2. The van der Waals surface area contributed by atoms with Gasteiger partial charge in [0.15, 0.2) is 0 Å². The summed E-state index contributed by atoms with van der Waals surface area (Å²) in [7, 11) is 0. The van der Waals surface area contributed by atoms with E-state index in [4.69, 9.17) is 23.1 Å². The van der Waals surface area contributed by atoms with Crippen LogP contribution in [0, 0.1) is 0 Å². The van der Waals surface area contributed by atoms with Crippen LogP contribution in [0.3, 0.4) is 0 Å². The normalized spacial score (nSPS) is 11.2. The molecule has 0 saturated carbocycles. The molecule has 4 heteroatoms. The molecule has 114 valence electrons. The van der Waals surface area contributed by atoms with Crippen LogP contribution >= 0.6 is 11.6 Å². The number of halogens is 1. The highest BCUT2D eigenvalue weighted by Crippen LogP contribution is 2.20. The molecular formula is C16H28ClN3. The quantitative estimate of drug-likeness (QED) is 0.514. The van der Waals surface area contributed by atoms with E-state index in [-0.39, 0.29) is 0 Å². The Kier molecular flexibility index (Phi) is 8.67. The van der Waals surface area contributed by atoms with Crippen LogP contribution in [-0.2, 0) is 6.42 Å². The van der Waals surface area contributed by atoms with Crippen molar-refractivity contribution in [1.82, 2.24) is 4.90 Å². The van der Waals surface area contributed by atoms with E-state index in [0.29, 0.717) is 0 Å². The highest BCUT2D eigenvalue weighted by atomic mass is 35.5. The number of nitrogens with zero attached hydrogens (tertiary/aromatic N) is 1. The van der Waals surface area contributed by atoms with Crippen molar-refractivity contribution in [3.63, 3.8) is 0 Å². The number of unbranched alkanes of at least 4 members (excludes halogenated alkanes) is 2. The molecular weight excluding hydrogens is 270 g/mol. The van der Waals surface area contributed by atoms with Crippen molar-refractivity contribution in [1.29, 1.82) is 0 Å². The Balaban J connectivity index is 2.40. The van der Waals surface area contributed by atoms with Crippen molar-refractivity contribution >= 4 is 17.3 Å². The van der Waals surface area contributed by atoms with Crippen LogP contribution in [0.15, 0.2) is 18.2 Å². The third-order valence-corrected chi connectivity index (χ3v) is 3.84. The molecule has 4 N–H and O–H groups in total. The fourth-order valence-corrected chi connectivity index (χ4v) is 2.64. The van der Waals surface area contributed by atoms with E-state index in [0.717, 1.165) is 49.7 Å². The lowest BCUT2D eigenvalue weighted by Crippen LogP contribution is -2.28. The fourth-order valence-electron chi connectivity index (χ4n) is 2.35. The first-order chi connectivity index (χ1) is 9.67. The maximum absolute atomic E-state index is 6.22. The van der Waals surface area contributed by atoms with Gasteiger partial charge in [0.2, 0.25) is 0 Å². The molecule has 0 atom stereocenters. The number of hydrogen-bond acceptors (Lipinski definition) is 3.